The molecule has 1 amide bonds. The van der Waals surface area contributed by atoms with Gasteiger partial charge in [0.1, 0.15) is 0 Å². The van der Waals surface area contributed by atoms with Gasteiger partial charge in [-0.05, 0) is 61.1 Å². The molecule has 2 aromatic rings. The van der Waals surface area contributed by atoms with Crippen molar-refractivity contribution >= 4 is 17.6 Å². The van der Waals surface area contributed by atoms with E-state index in [-0.39, 0.29) is 11.8 Å². The molecule has 0 bridgehead atoms. The summed E-state index contributed by atoms with van der Waals surface area (Å²) in [5.74, 6) is 0.157. The summed E-state index contributed by atoms with van der Waals surface area (Å²) < 4.78 is 0. The summed E-state index contributed by atoms with van der Waals surface area (Å²) in [4.78, 5) is 16.1. The Labute approximate surface area is 160 Å². The number of carbonyl (C=O) groups is 1. The van der Waals surface area contributed by atoms with Crippen molar-refractivity contribution in [3.63, 3.8) is 0 Å². The van der Waals surface area contributed by atoms with Crippen LogP contribution in [0.3, 0.4) is 0 Å². The number of benzene rings is 1. The highest BCUT2D eigenvalue weighted by Crippen LogP contribution is 2.37. The van der Waals surface area contributed by atoms with Gasteiger partial charge in [0.05, 0.1) is 0 Å². The maximum atomic E-state index is 12.7. The van der Waals surface area contributed by atoms with Crippen molar-refractivity contribution < 1.29 is 4.79 Å². The van der Waals surface area contributed by atoms with Gasteiger partial charge in [-0.3, -0.25) is 4.79 Å². The monoisotopic (exact) mass is 358 g/mol. The SMILES string of the molecule is CCc1cc(CC)c(/C=C2\C(=O)NC3=CC(c4ccc(C)cc4)=CCC32)[nH]1. The number of nitrogens with one attached hydrogen (secondary N) is 2. The molecule has 2 heterocycles. The van der Waals surface area contributed by atoms with Crippen molar-refractivity contribution in [3.05, 3.63) is 81.8 Å². The number of allylic oxidation sites excluding steroid dienone is 4. The summed E-state index contributed by atoms with van der Waals surface area (Å²) in [6.07, 6.45) is 9.22. The molecule has 1 aliphatic heterocycles. The lowest BCUT2D eigenvalue weighted by Crippen LogP contribution is -2.14. The van der Waals surface area contributed by atoms with Gasteiger partial charge < -0.3 is 10.3 Å². The van der Waals surface area contributed by atoms with Crippen LogP contribution in [0.2, 0.25) is 0 Å². The lowest BCUT2D eigenvalue weighted by molar-refractivity contribution is -0.115. The summed E-state index contributed by atoms with van der Waals surface area (Å²) >= 11 is 0. The molecule has 1 aromatic carbocycles. The van der Waals surface area contributed by atoms with Crippen LogP contribution in [0.4, 0.5) is 0 Å². The summed E-state index contributed by atoms with van der Waals surface area (Å²) in [7, 11) is 0. The average Bonchev–Trinajstić information content (AvgIpc) is 3.22. The van der Waals surface area contributed by atoms with Crippen LogP contribution in [0.15, 0.2) is 53.8 Å². The van der Waals surface area contributed by atoms with Crippen LogP contribution in [-0.2, 0) is 17.6 Å². The summed E-state index contributed by atoms with van der Waals surface area (Å²) in [5, 5.41) is 3.09. The number of fused-ring (bicyclic) bond motifs is 1. The van der Waals surface area contributed by atoms with Crippen LogP contribution in [0.1, 0.15) is 48.3 Å². The lowest BCUT2D eigenvalue weighted by Gasteiger charge is -2.17. The third kappa shape index (κ3) is 3.30. The van der Waals surface area contributed by atoms with E-state index in [4.69, 9.17) is 0 Å². The van der Waals surface area contributed by atoms with Gasteiger partial charge in [0, 0.05) is 28.6 Å². The van der Waals surface area contributed by atoms with E-state index in [0.29, 0.717) is 0 Å². The van der Waals surface area contributed by atoms with Gasteiger partial charge in [-0.1, -0.05) is 49.8 Å². The first-order chi connectivity index (χ1) is 13.1. The van der Waals surface area contributed by atoms with Gasteiger partial charge >= 0.3 is 0 Å². The molecule has 0 spiro atoms. The highest BCUT2D eigenvalue weighted by Gasteiger charge is 2.34. The van der Waals surface area contributed by atoms with E-state index < -0.39 is 0 Å². The van der Waals surface area contributed by atoms with Crippen molar-refractivity contribution in [2.45, 2.75) is 40.0 Å². The molecule has 2 N–H and O–H groups in total. The van der Waals surface area contributed by atoms with Gasteiger partial charge in [0.25, 0.3) is 5.91 Å². The second-order valence-electron chi connectivity index (χ2n) is 7.41. The van der Waals surface area contributed by atoms with E-state index in [1.165, 1.54) is 28.0 Å². The van der Waals surface area contributed by atoms with Gasteiger partial charge in [-0.2, -0.15) is 0 Å². The molecule has 1 aliphatic carbocycles. The van der Waals surface area contributed by atoms with E-state index >= 15 is 0 Å². The number of hydrogen-bond acceptors (Lipinski definition) is 1. The third-order valence-electron chi connectivity index (χ3n) is 5.59. The number of carbonyl (C=O) groups excluding carboxylic acids is 1. The van der Waals surface area contributed by atoms with Crippen LogP contribution >= 0.6 is 0 Å². The number of rotatable bonds is 4. The molecule has 1 unspecified atom stereocenters. The van der Waals surface area contributed by atoms with Crippen LogP contribution < -0.4 is 5.32 Å². The molecule has 2 aliphatic rings. The Balaban J connectivity index is 1.64. The van der Waals surface area contributed by atoms with Crippen LogP contribution in [-0.4, -0.2) is 10.9 Å². The van der Waals surface area contributed by atoms with Crippen LogP contribution in [0.25, 0.3) is 11.6 Å². The van der Waals surface area contributed by atoms with Crippen LogP contribution in [0.5, 0.6) is 0 Å². The zero-order valence-electron chi connectivity index (χ0n) is 16.2. The highest BCUT2D eigenvalue weighted by atomic mass is 16.2. The van der Waals surface area contributed by atoms with E-state index in [0.717, 1.165) is 36.2 Å². The molecule has 138 valence electrons. The number of aromatic nitrogens is 1. The fourth-order valence-corrected chi connectivity index (χ4v) is 3.94. The Bertz CT molecular complexity index is 970. The molecule has 1 fully saturated rings. The molecular formula is C24H26N2O. The molecule has 3 heteroatoms. The van der Waals surface area contributed by atoms with E-state index in [9.17, 15) is 4.79 Å². The molecular weight excluding hydrogens is 332 g/mol. The number of aromatic amines is 1. The standard InChI is InChI=1S/C24H26N2O/c1-4-16-12-19(5-2)25-22(16)14-21-20-11-10-18(13-23(20)26-24(21)27)17-8-6-15(3)7-9-17/h6-10,12-14,20,25H,4-5,11H2,1-3H3,(H,26,27)/b21-14-. The molecule has 1 aromatic heterocycles. The maximum absolute atomic E-state index is 12.7. The molecule has 0 radical (unpaired) electrons. The minimum Gasteiger partial charge on any atom is -0.359 e. The largest absolute Gasteiger partial charge is 0.359 e. The number of aryl methyl sites for hydroxylation is 3. The van der Waals surface area contributed by atoms with Gasteiger partial charge in [0.2, 0.25) is 0 Å². The van der Waals surface area contributed by atoms with Gasteiger partial charge in [0.15, 0.2) is 0 Å². The Hall–Kier alpha value is -2.81. The van der Waals surface area contributed by atoms with Gasteiger partial charge in [-0.25, -0.2) is 0 Å². The first kappa shape index (κ1) is 17.6. The molecule has 3 nitrogen and oxygen atoms in total. The summed E-state index contributed by atoms with van der Waals surface area (Å²) in [6.45, 7) is 6.39. The van der Waals surface area contributed by atoms with Crippen molar-refractivity contribution in [2.24, 2.45) is 5.92 Å². The molecule has 1 atom stereocenters. The fraction of sp³-hybridized carbons (Fsp3) is 0.292. The Morgan fingerprint density at radius 3 is 2.63 bits per heavy atom. The molecule has 1 saturated heterocycles. The van der Waals surface area contributed by atoms with Crippen molar-refractivity contribution in [1.82, 2.24) is 10.3 Å². The molecule has 27 heavy (non-hydrogen) atoms. The zero-order valence-corrected chi connectivity index (χ0v) is 16.2. The minimum absolute atomic E-state index is 0.0273. The van der Waals surface area contributed by atoms with E-state index in [2.05, 4.69) is 79.6 Å². The lowest BCUT2D eigenvalue weighted by atomic mass is 9.87. The Kier molecular flexibility index (Phi) is 4.61. The second-order valence-corrected chi connectivity index (χ2v) is 7.41. The predicted molar refractivity (Wildman–Crippen MR) is 111 cm³/mol. The first-order valence-corrected chi connectivity index (χ1v) is 9.81. The number of H-pyrrole nitrogens is 1. The number of hydrogen-bond donors (Lipinski definition) is 2. The van der Waals surface area contributed by atoms with E-state index in [1.54, 1.807) is 0 Å². The second kappa shape index (κ2) is 7.07. The van der Waals surface area contributed by atoms with E-state index in [1.807, 2.05) is 0 Å². The fourth-order valence-electron chi connectivity index (χ4n) is 3.94. The van der Waals surface area contributed by atoms with Crippen molar-refractivity contribution in [2.75, 3.05) is 0 Å². The third-order valence-corrected chi connectivity index (χ3v) is 5.59. The predicted octanol–water partition coefficient (Wildman–Crippen LogP) is 4.95. The molecule has 4 rings (SSSR count). The smallest absolute Gasteiger partial charge is 0.252 e. The van der Waals surface area contributed by atoms with Gasteiger partial charge in [-0.15, -0.1) is 0 Å². The van der Waals surface area contributed by atoms with Crippen molar-refractivity contribution in [1.29, 1.82) is 0 Å². The quantitative estimate of drug-likeness (QED) is 0.747. The number of amides is 1. The zero-order chi connectivity index (χ0) is 19.0. The maximum Gasteiger partial charge on any atom is 0.252 e. The Morgan fingerprint density at radius 2 is 1.93 bits per heavy atom. The van der Waals surface area contributed by atoms with Crippen LogP contribution in [0, 0.1) is 12.8 Å². The summed E-state index contributed by atoms with van der Waals surface area (Å²) in [5.41, 5.74) is 9.09. The Morgan fingerprint density at radius 1 is 1.15 bits per heavy atom. The minimum atomic E-state index is 0.0273. The highest BCUT2D eigenvalue weighted by molar-refractivity contribution is 6.04. The van der Waals surface area contributed by atoms with Crippen molar-refractivity contribution in [3.8, 4) is 0 Å². The average molecular weight is 358 g/mol. The first-order valence-electron chi connectivity index (χ1n) is 9.81. The topological polar surface area (TPSA) is 44.9 Å². The normalized spacial score (nSPS) is 20.3. The molecule has 0 saturated carbocycles. The summed E-state index contributed by atoms with van der Waals surface area (Å²) in [6, 6.07) is 10.8.